The molecule has 0 aliphatic heterocycles. The van der Waals surface area contributed by atoms with E-state index in [1.54, 1.807) is 19.9 Å². The standard InChI is InChI=1S/C13H22N2O2S/c1-9-6-7-10(2)12(11(9)14)18(16,17)15-8-13(3,4)5/h6-7,15H,8,14H2,1-5H3. The van der Waals surface area contributed by atoms with Gasteiger partial charge >= 0.3 is 0 Å². The summed E-state index contributed by atoms with van der Waals surface area (Å²) >= 11 is 0. The quantitative estimate of drug-likeness (QED) is 0.827. The molecule has 5 heteroatoms. The number of aryl methyl sites for hydroxylation is 2. The van der Waals surface area contributed by atoms with Crippen LogP contribution in [0.1, 0.15) is 31.9 Å². The van der Waals surface area contributed by atoms with Crippen molar-refractivity contribution >= 4 is 15.7 Å². The van der Waals surface area contributed by atoms with Crippen molar-refractivity contribution in [2.45, 2.75) is 39.5 Å². The number of hydrogen-bond acceptors (Lipinski definition) is 3. The molecule has 0 fully saturated rings. The number of anilines is 1. The van der Waals surface area contributed by atoms with Crippen LogP contribution >= 0.6 is 0 Å². The molecule has 0 saturated heterocycles. The predicted molar refractivity (Wildman–Crippen MR) is 75.0 cm³/mol. The van der Waals surface area contributed by atoms with Crippen LogP contribution in [0.15, 0.2) is 17.0 Å². The fourth-order valence-electron chi connectivity index (χ4n) is 1.55. The lowest BCUT2D eigenvalue weighted by Gasteiger charge is -2.20. The normalized spacial score (nSPS) is 12.7. The minimum absolute atomic E-state index is 0.112. The van der Waals surface area contributed by atoms with Crippen LogP contribution in [-0.4, -0.2) is 15.0 Å². The molecule has 0 spiro atoms. The summed E-state index contributed by atoms with van der Waals surface area (Å²) in [5.41, 5.74) is 7.55. The maximum Gasteiger partial charge on any atom is 0.242 e. The fraction of sp³-hybridized carbons (Fsp3) is 0.538. The van der Waals surface area contributed by atoms with Crippen LogP contribution in [-0.2, 0) is 10.0 Å². The topological polar surface area (TPSA) is 72.2 Å². The number of nitrogens with one attached hydrogen (secondary N) is 1. The van der Waals surface area contributed by atoms with Crippen LogP contribution in [0.3, 0.4) is 0 Å². The number of benzene rings is 1. The number of rotatable bonds is 3. The third kappa shape index (κ3) is 3.46. The van der Waals surface area contributed by atoms with Crippen LogP contribution in [0.2, 0.25) is 0 Å². The monoisotopic (exact) mass is 270 g/mol. The third-order valence-corrected chi connectivity index (χ3v) is 4.28. The van der Waals surface area contributed by atoms with Crippen molar-refractivity contribution in [2.75, 3.05) is 12.3 Å². The van der Waals surface area contributed by atoms with Crippen LogP contribution in [0, 0.1) is 19.3 Å². The lowest BCUT2D eigenvalue weighted by atomic mass is 9.98. The van der Waals surface area contributed by atoms with E-state index in [0.717, 1.165) is 5.56 Å². The highest BCUT2D eigenvalue weighted by Crippen LogP contribution is 2.26. The van der Waals surface area contributed by atoms with E-state index < -0.39 is 10.0 Å². The second-order valence-electron chi connectivity index (χ2n) is 5.83. The zero-order valence-electron chi connectivity index (χ0n) is 11.7. The summed E-state index contributed by atoms with van der Waals surface area (Å²) < 4.78 is 27.2. The van der Waals surface area contributed by atoms with Gasteiger partial charge in [-0.15, -0.1) is 0 Å². The number of nitrogens with two attached hydrogens (primary N) is 1. The van der Waals surface area contributed by atoms with Gasteiger partial charge in [0.25, 0.3) is 0 Å². The van der Waals surface area contributed by atoms with Gasteiger partial charge in [-0.05, 0) is 30.4 Å². The average molecular weight is 270 g/mol. The van der Waals surface area contributed by atoms with Gasteiger partial charge in [-0.25, -0.2) is 13.1 Å². The zero-order chi connectivity index (χ0) is 14.1. The molecule has 1 aromatic carbocycles. The molecule has 0 aliphatic rings. The van der Waals surface area contributed by atoms with E-state index >= 15 is 0 Å². The van der Waals surface area contributed by atoms with Crippen LogP contribution < -0.4 is 10.5 Å². The minimum Gasteiger partial charge on any atom is -0.397 e. The largest absolute Gasteiger partial charge is 0.397 e. The molecule has 0 aliphatic carbocycles. The van der Waals surface area contributed by atoms with Gasteiger partial charge in [0.05, 0.1) is 5.69 Å². The molecule has 0 heterocycles. The predicted octanol–water partition coefficient (Wildman–Crippen LogP) is 2.21. The van der Waals surface area contributed by atoms with Crippen LogP contribution in [0.5, 0.6) is 0 Å². The van der Waals surface area contributed by atoms with Gasteiger partial charge in [0.1, 0.15) is 4.90 Å². The third-order valence-electron chi connectivity index (χ3n) is 2.67. The number of hydrogen-bond donors (Lipinski definition) is 2. The zero-order valence-corrected chi connectivity index (χ0v) is 12.5. The first kappa shape index (κ1) is 15.0. The second-order valence-corrected chi connectivity index (χ2v) is 7.53. The van der Waals surface area contributed by atoms with E-state index in [4.69, 9.17) is 5.73 Å². The lowest BCUT2D eigenvalue weighted by molar-refractivity contribution is 0.407. The first-order chi connectivity index (χ1) is 8.04. The van der Waals surface area contributed by atoms with Crippen LogP contribution in [0.25, 0.3) is 0 Å². The Labute approximate surface area is 110 Å². The Morgan fingerprint density at radius 2 is 1.67 bits per heavy atom. The van der Waals surface area contributed by atoms with Crippen molar-refractivity contribution < 1.29 is 8.42 Å². The summed E-state index contributed by atoms with van der Waals surface area (Å²) in [6.45, 7) is 9.85. The van der Waals surface area contributed by atoms with E-state index in [9.17, 15) is 8.42 Å². The van der Waals surface area contributed by atoms with Gasteiger partial charge in [0.15, 0.2) is 0 Å². The second kappa shape index (κ2) is 4.90. The Bertz CT molecular complexity index is 543. The molecule has 0 amide bonds. The van der Waals surface area contributed by atoms with Crippen molar-refractivity contribution in [3.05, 3.63) is 23.3 Å². The minimum atomic E-state index is -3.55. The van der Waals surface area contributed by atoms with Gasteiger partial charge in [0.2, 0.25) is 10.0 Å². The first-order valence-corrected chi connectivity index (χ1v) is 7.38. The van der Waals surface area contributed by atoms with Gasteiger partial charge in [-0.2, -0.15) is 0 Å². The highest BCUT2D eigenvalue weighted by molar-refractivity contribution is 7.89. The van der Waals surface area contributed by atoms with E-state index in [2.05, 4.69) is 4.72 Å². The van der Waals surface area contributed by atoms with Gasteiger partial charge < -0.3 is 5.73 Å². The van der Waals surface area contributed by atoms with E-state index in [-0.39, 0.29) is 10.3 Å². The Hall–Kier alpha value is -1.07. The van der Waals surface area contributed by atoms with Crippen molar-refractivity contribution in [1.29, 1.82) is 0 Å². The fourth-order valence-corrected chi connectivity index (χ4v) is 3.26. The Kier molecular flexibility index (Phi) is 4.08. The SMILES string of the molecule is Cc1ccc(C)c(S(=O)(=O)NCC(C)(C)C)c1N. The highest BCUT2D eigenvalue weighted by Gasteiger charge is 2.23. The molecular weight excluding hydrogens is 248 g/mol. The Morgan fingerprint density at radius 3 is 2.17 bits per heavy atom. The first-order valence-electron chi connectivity index (χ1n) is 5.90. The lowest BCUT2D eigenvalue weighted by Crippen LogP contribution is -2.33. The van der Waals surface area contributed by atoms with Crippen molar-refractivity contribution in [2.24, 2.45) is 5.41 Å². The molecule has 0 saturated carbocycles. The van der Waals surface area contributed by atoms with E-state index in [1.807, 2.05) is 26.8 Å². The summed E-state index contributed by atoms with van der Waals surface area (Å²) in [6.07, 6.45) is 0. The highest BCUT2D eigenvalue weighted by atomic mass is 32.2. The molecule has 0 radical (unpaired) electrons. The molecule has 18 heavy (non-hydrogen) atoms. The Balaban J connectivity index is 3.18. The molecule has 1 rings (SSSR count). The van der Waals surface area contributed by atoms with Gasteiger partial charge in [-0.3, -0.25) is 0 Å². The van der Waals surface area contributed by atoms with Gasteiger partial charge in [-0.1, -0.05) is 32.9 Å². The van der Waals surface area contributed by atoms with Crippen molar-refractivity contribution in [3.63, 3.8) is 0 Å². The van der Waals surface area contributed by atoms with Crippen LogP contribution in [0.4, 0.5) is 5.69 Å². The summed E-state index contributed by atoms with van der Waals surface area (Å²) in [5, 5.41) is 0. The summed E-state index contributed by atoms with van der Waals surface area (Å²) in [7, 11) is -3.55. The maximum atomic E-state index is 12.3. The summed E-state index contributed by atoms with van der Waals surface area (Å²) in [5.74, 6) is 0. The molecule has 0 bridgehead atoms. The maximum absolute atomic E-state index is 12.3. The molecule has 102 valence electrons. The Morgan fingerprint density at radius 1 is 1.17 bits per heavy atom. The molecule has 0 atom stereocenters. The summed E-state index contributed by atoms with van der Waals surface area (Å²) in [6, 6.07) is 3.60. The molecule has 1 aromatic rings. The number of nitrogen functional groups attached to an aromatic ring is 1. The van der Waals surface area contributed by atoms with Crippen molar-refractivity contribution in [1.82, 2.24) is 4.72 Å². The van der Waals surface area contributed by atoms with Gasteiger partial charge in [0, 0.05) is 6.54 Å². The molecule has 4 nitrogen and oxygen atoms in total. The number of sulfonamides is 1. The molecule has 3 N–H and O–H groups in total. The van der Waals surface area contributed by atoms with Crippen molar-refractivity contribution in [3.8, 4) is 0 Å². The average Bonchev–Trinajstić information content (AvgIpc) is 2.20. The summed E-state index contributed by atoms with van der Waals surface area (Å²) in [4.78, 5) is 0.201. The smallest absolute Gasteiger partial charge is 0.242 e. The van der Waals surface area contributed by atoms with E-state index in [1.165, 1.54) is 0 Å². The molecular formula is C13H22N2O2S. The molecule has 0 unspecified atom stereocenters. The van der Waals surface area contributed by atoms with E-state index in [0.29, 0.717) is 17.8 Å². The molecule has 0 aromatic heterocycles.